The maximum Gasteiger partial charge on any atom is 0.306 e. The van der Waals surface area contributed by atoms with E-state index in [1.807, 2.05) is 0 Å². The third-order valence-electron chi connectivity index (χ3n) is 11.0. The van der Waals surface area contributed by atoms with Crippen LogP contribution in [0.4, 0.5) is 0 Å². The van der Waals surface area contributed by atoms with Crippen molar-refractivity contribution in [1.29, 1.82) is 0 Å². The van der Waals surface area contributed by atoms with Gasteiger partial charge in [-0.3, -0.25) is 14.4 Å². The molecule has 0 rings (SSSR count). The Bertz CT molecular complexity index is 826. The van der Waals surface area contributed by atoms with Crippen LogP contribution in [0.2, 0.25) is 0 Å². The Kier molecular flexibility index (Phi) is 42.3. The van der Waals surface area contributed by atoms with E-state index in [1.165, 1.54) is 167 Å². The van der Waals surface area contributed by atoms with Gasteiger partial charge in [0.05, 0.1) is 0 Å². The lowest BCUT2D eigenvalue weighted by Crippen LogP contribution is -2.30. The maximum atomic E-state index is 12.7. The summed E-state index contributed by atoms with van der Waals surface area (Å²) in [7, 11) is 0. The van der Waals surface area contributed by atoms with Gasteiger partial charge in [0.2, 0.25) is 0 Å². The first-order valence-corrected chi connectivity index (χ1v) is 24.4. The van der Waals surface area contributed by atoms with Gasteiger partial charge in [-0.1, -0.05) is 233 Å². The molecule has 0 aliphatic carbocycles. The van der Waals surface area contributed by atoms with E-state index < -0.39 is 6.10 Å². The van der Waals surface area contributed by atoms with Crippen molar-refractivity contribution < 1.29 is 28.6 Å². The SMILES string of the molecule is CCCCCCCCCCCCCCCC(=O)OC[C@@H](COC(=O)CCCCCCCCCCCCC)OC(=O)CCCCCCCCCCCCC(C)C. The molecule has 55 heavy (non-hydrogen) atoms. The maximum absolute atomic E-state index is 12.7. The minimum atomic E-state index is -0.759. The average molecular weight is 779 g/mol. The van der Waals surface area contributed by atoms with Crippen molar-refractivity contribution in [1.82, 2.24) is 0 Å². The van der Waals surface area contributed by atoms with E-state index in [0.29, 0.717) is 19.3 Å². The molecule has 0 aliphatic rings. The van der Waals surface area contributed by atoms with Gasteiger partial charge in [0.1, 0.15) is 13.2 Å². The lowest BCUT2D eigenvalue weighted by Gasteiger charge is -2.18. The van der Waals surface area contributed by atoms with Crippen molar-refractivity contribution in [3.8, 4) is 0 Å². The standard InChI is InChI=1S/C49H94O6/c1-5-7-9-11-13-15-17-18-20-25-29-33-37-41-48(51)54-44-46(43-53-47(50)40-36-32-28-24-19-16-14-12-10-8-6-2)55-49(52)42-38-34-30-26-22-21-23-27-31-35-39-45(3)4/h45-46H,5-44H2,1-4H3/t46-/m1/s1. The lowest BCUT2D eigenvalue weighted by molar-refractivity contribution is -0.167. The summed E-state index contributed by atoms with van der Waals surface area (Å²) in [6.07, 6.45) is 43.7. The number of carbonyl (C=O) groups excluding carboxylic acids is 3. The zero-order chi connectivity index (χ0) is 40.3. The molecule has 0 aromatic carbocycles. The number of esters is 3. The summed E-state index contributed by atoms with van der Waals surface area (Å²) in [6.45, 7) is 8.99. The van der Waals surface area contributed by atoms with Gasteiger partial charge >= 0.3 is 17.9 Å². The molecular weight excluding hydrogens is 685 g/mol. The second-order valence-corrected chi connectivity index (χ2v) is 17.2. The van der Waals surface area contributed by atoms with Gasteiger partial charge in [-0.2, -0.15) is 0 Å². The highest BCUT2D eigenvalue weighted by molar-refractivity contribution is 5.71. The van der Waals surface area contributed by atoms with E-state index in [1.54, 1.807) is 0 Å². The Morgan fingerprint density at radius 1 is 0.345 bits per heavy atom. The van der Waals surface area contributed by atoms with Crippen LogP contribution in [0, 0.1) is 5.92 Å². The molecule has 0 N–H and O–H groups in total. The van der Waals surface area contributed by atoms with Crippen LogP contribution in [0.3, 0.4) is 0 Å². The van der Waals surface area contributed by atoms with Gasteiger partial charge in [-0.15, -0.1) is 0 Å². The lowest BCUT2D eigenvalue weighted by atomic mass is 10.0. The Morgan fingerprint density at radius 3 is 0.891 bits per heavy atom. The van der Waals surface area contributed by atoms with Crippen LogP contribution in [-0.4, -0.2) is 37.2 Å². The fourth-order valence-electron chi connectivity index (χ4n) is 7.33. The third kappa shape index (κ3) is 43.4. The van der Waals surface area contributed by atoms with Crippen LogP contribution >= 0.6 is 0 Å². The number of hydrogen-bond donors (Lipinski definition) is 0. The molecule has 6 nitrogen and oxygen atoms in total. The molecule has 0 aromatic heterocycles. The van der Waals surface area contributed by atoms with Crippen molar-refractivity contribution in [2.24, 2.45) is 5.92 Å². The molecule has 0 aromatic rings. The van der Waals surface area contributed by atoms with Crippen molar-refractivity contribution in [2.75, 3.05) is 13.2 Å². The first kappa shape index (κ1) is 53.4. The van der Waals surface area contributed by atoms with Crippen LogP contribution < -0.4 is 0 Å². The predicted molar refractivity (Wildman–Crippen MR) is 233 cm³/mol. The first-order chi connectivity index (χ1) is 26.9. The van der Waals surface area contributed by atoms with Gasteiger partial charge in [0.25, 0.3) is 0 Å². The number of rotatable bonds is 44. The summed E-state index contributed by atoms with van der Waals surface area (Å²) in [5.41, 5.74) is 0. The van der Waals surface area contributed by atoms with Gasteiger partial charge in [-0.05, 0) is 25.2 Å². The highest BCUT2D eigenvalue weighted by atomic mass is 16.6. The topological polar surface area (TPSA) is 78.9 Å². The van der Waals surface area contributed by atoms with Crippen molar-refractivity contribution in [2.45, 2.75) is 278 Å². The second kappa shape index (κ2) is 43.5. The van der Waals surface area contributed by atoms with E-state index in [0.717, 1.165) is 63.7 Å². The Balaban J connectivity index is 4.32. The fraction of sp³-hybridized carbons (Fsp3) is 0.939. The minimum absolute atomic E-state index is 0.0633. The summed E-state index contributed by atoms with van der Waals surface area (Å²) in [5.74, 6) is -0.0334. The summed E-state index contributed by atoms with van der Waals surface area (Å²) in [4.78, 5) is 37.8. The van der Waals surface area contributed by atoms with Crippen molar-refractivity contribution in [3.63, 3.8) is 0 Å². The smallest absolute Gasteiger partial charge is 0.306 e. The summed E-state index contributed by atoms with van der Waals surface area (Å²) in [6, 6.07) is 0. The van der Waals surface area contributed by atoms with Crippen molar-refractivity contribution >= 4 is 17.9 Å². The molecule has 0 fully saturated rings. The molecule has 0 aliphatic heterocycles. The number of carbonyl (C=O) groups is 3. The summed E-state index contributed by atoms with van der Waals surface area (Å²) >= 11 is 0. The molecule has 0 saturated carbocycles. The van der Waals surface area contributed by atoms with E-state index >= 15 is 0 Å². The molecule has 0 spiro atoms. The molecule has 0 amide bonds. The number of unbranched alkanes of at least 4 members (excludes halogenated alkanes) is 31. The summed E-state index contributed by atoms with van der Waals surface area (Å²) < 4.78 is 16.8. The normalized spacial score (nSPS) is 11.9. The monoisotopic (exact) mass is 779 g/mol. The Morgan fingerprint density at radius 2 is 0.600 bits per heavy atom. The molecule has 0 unspecified atom stereocenters. The van der Waals surface area contributed by atoms with E-state index in [-0.39, 0.29) is 31.1 Å². The third-order valence-corrected chi connectivity index (χ3v) is 11.0. The molecule has 326 valence electrons. The first-order valence-electron chi connectivity index (χ1n) is 24.4. The molecule has 0 radical (unpaired) electrons. The molecule has 0 saturated heterocycles. The van der Waals surface area contributed by atoms with Crippen LogP contribution in [-0.2, 0) is 28.6 Å². The summed E-state index contributed by atoms with van der Waals surface area (Å²) in [5, 5.41) is 0. The van der Waals surface area contributed by atoms with Crippen LogP contribution in [0.15, 0.2) is 0 Å². The predicted octanol–water partition coefficient (Wildman–Crippen LogP) is 15.5. The highest BCUT2D eigenvalue weighted by Gasteiger charge is 2.19. The van der Waals surface area contributed by atoms with E-state index in [2.05, 4.69) is 27.7 Å². The van der Waals surface area contributed by atoms with Gasteiger partial charge in [-0.25, -0.2) is 0 Å². The van der Waals surface area contributed by atoms with Crippen LogP contribution in [0.1, 0.15) is 272 Å². The molecule has 1 atom stereocenters. The minimum Gasteiger partial charge on any atom is -0.462 e. The van der Waals surface area contributed by atoms with Crippen LogP contribution in [0.25, 0.3) is 0 Å². The molecule has 0 bridgehead atoms. The Labute approximate surface area is 342 Å². The second-order valence-electron chi connectivity index (χ2n) is 17.2. The quantitative estimate of drug-likeness (QED) is 0.0348. The van der Waals surface area contributed by atoms with Crippen LogP contribution in [0.5, 0.6) is 0 Å². The van der Waals surface area contributed by atoms with Gasteiger partial charge < -0.3 is 14.2 Å². The molecule has 0 heterocycles. The fourth-order valence-corrected chi connectivity index (χ4v) is 7.33. The van der Waals surface area contributed by atoms with Crippen molar-refractivity contribution in [3.05, 3.63) is 0 Å². The number of ether oxygens (including phenoxy) is 3. The zero-order valence-electron chi connectivity index (χ0n) is 37.4. The molecular formula is C49H94O6. The van der Waals surface area contributed by atoms with E-state index in [9.17, 15) is 14.4 Å². The largest absolute Gasteiger partial charge is 0.462 e. The number of hydrogen-bond acceptors (Lipinski definition) is 6. The van der Waals surface area contributed by atoms with Gasteiger partial charge in [0.15, 0.2) is 6.10 Å². The zero-order valence-corrected chi connectivity index (χ0v) is 37.4. The van der Waals surface area contributed by atoms with Gasteiger partial charge in [0, 0.05) is 19.3 Å². The average Bonchev–Trinajstić information content (AvgIpc) is 3.17. The van der Waals surface area contributed by atoms with E-state index in [4.69, 9.17) is 14.2 Å². The molecule has 6 heteroatoms. The highest BCUT2D eigenvalue weighted by Crippen LogP contribution is 2.16. The Hall–Kier alpha value is -1.59.